The van der Waals surface area contributed by atoms with Gasteiger partial charge in [0.15, 0.2) is 5.78 Å². The van der Waals surface area contributed by atoms with Crippen molar-refractivity contribution < 1.29 is 19.4 Å². The standard InChI is InChI=1S/C21H20N2O4/c1-27-16-8-6-14(7-9-16)20(24)10-11-22-19(21(25)26)12-15-13-23-18-5-3-2-4-17(15)18/h2-11,13,19,22-23H,12H2,1H3,(H,25,26)/b11-10+/t19-/m0/s1. The molecule has 0 bridgehead atoms. The quantitative estimate of drug-likeness (QED) is 0.422. The number of aliphatic carboxylic acids is 1. The first-order valence-corrected chi connectivity index (χ1v) is 8.47. The van der Waals surface area contributed by atoms with Gasteiger partial charge in [0, 0.05) is 41.4 Å². The van der Waals surface area contributed by atoms with Gasteiger partial charge in [-0.25, -0.2) is 4.79 Å². The van der Waals surface area contributed by atoms with Crippen molar-refractivity contribution in [3.05, 3.63) is 78.1 Å². The van der Waals surface area contributed by atoms with Gasteiger partial charge in [-0.15, -0.1) is 0 Å². The summed E-state index contributed by atoms with van der Waals surface area (Å²) >= 11 is 0. The average Bonchev–Trinajstić information content (AvgIpc) is 3.10. The van der Waals surface area contributed by atoms with Crippen molar-refractivity contribution in [1.82, 2.24) is 10.3 Å². The Kier molecular flexibility index (Phi) is 5.56. The Morgan fingerprint density at radius 2 is 1.93 bits per heavy atom. The topological polar surface area (TPSA) is 91.4 Å². The molecule has 0 unspecified atom stereocenters. The lowest BCUT2D eigenvalue weighted by Gasteiger charge is -2.12. The minimum Gasteiger partial charge on any atom is -0.497 e. The largest absolute Gasteiger partial charge is 0.497 e. The van der Waals surface area contributed by atoms with E-state index in [1.807, 2.05) is 30.5 Å². The number of allylic oxidation sites excluding steroid dienone is 1. The zero-order chi connectivity index (χ0) is 19.2. The molecule has 0 spiro atoms. The molecule has 0 fully saturated rings. The lowest BCUT2D eigenvalue weighted by Crippen LogP contribution is -2.35. The summed E-state index contributed by atoms with van der Waals surface area (Å²) in [6.45, 7) is 0. The normalized spacial score (nSPS) is 12.2. The highest BCUT2D eigenvalue weighted by molar-refractivity contribution is 6.04. The van der Waals surface area contributed by atoms with Gasteiger partial charge in [0.25, 0.3) is 0 Å². The zero-order valence-electron chi connectivity index (χ0n) is 14.8. The average molecular weight is 364 g/mol. The highest BCUT2D eigenvalue weighted by Crippen LogP contribution is 2.19. The Hall–Kier alpha value is -3.54. The molecule has 1 atom stereocenters. The third-order valence-corrected chi connectivity index (χ3v) is 4.30. The molecular formula is C21H20N2O4. The highest BCUT2D eigenvalue weighted by Gasteiger charge is 2.18. The van der Waals surface area contributed by atoms with Crippen molar-refractivity contribution in [2.75, 3.05) is 7.11 Å². The summed E-state index contributed by atoms with van der Waals surface area (Å²) in [5, 5.41) is 13.3. The summed E-state index contributed by atoms with van der Waals surface area (Å²) < 4.78 is 5.06. The summed E-state index contributed by atoms with van der Waals surface area (Å²) in [7, 11) is 1.56. The molecule has 0 aliphatic carbocycles. The lowest BCUT2D eigenvalue weighted by atomic mass is 10.1. The molecule has 0 amide bonds. The maximum Gasteiger partial charge on any atom is 0.326 e. The molecule has 1 heterocycles. The van der Waals surface area contributed by atoms with Crippen LogP contribution in [0.3, 0.4) is 0 Å². The molecule has 1 aromatic heterocycles. The molecule has 3 N–H and O–H groups in total. The fraction of sp³-hybridized carbons (Fsp3) is 0.143. The first kappa shape index (κ1) is 18.3. The second kappa shape index (κ2) is 8.23. The first-order chi connectivity index (χ1) is 13.1. The first-order valence-electron chi connectivity index (χ1n) is 8.47. The SMILES string of the molecule is COc1ccc(C(=O)/C=C/N[C@@H](Cc2c[nH]c3ccccc23)C(=O)O)cc1. The van der Waals surface area contributed by atoms with Crippen LogP contribution in [0.5, 0.6) is 5.75 Å². The summed E-state index contributed by atoms with van der Waals surface area (Å²) in [6, 6.07) is 13.6. The van der Waals surface area contributed by atoms with E-state index < -0.39 is 12.0 Å². The van der Waals surface area contributed by atoms with Crippen LogP contribution in [0.4, 0.5) is 0 Å². The number of carbonyl (C=O) groups excluding carboxylic acids is 1. The van der Waals surface area contributed by atoms with E-state index in [0.29, 0.717) is 17.7 Å². The number of fused-ring (bicyclic) bond motifs is 1. The van der Waals surface area contributed by atoms with Crippen LogP contribution in [0.1, 0.15) is 15.9 Å². The molecule has 3 aromatic rings. The van der Waals surface area contributed by atoms with E-state index in [1.54, 1.807) is 31.4 Å². The maximum atomic E-state index is 12.2. The molecule has 2 aromatic carbocycles. The molecule has 0 saturated heterocycles. The number of carboxylic acid groups (broad SMARTS) is 1. The monoisotopic (exact) mass is 364 g/mol. The van der Waals surface area contributed by atoms with Crippen molar-refractivity contribution in [3.63, 3.8) is 0 Å². The molecule has 0 saturated carbocycles. The number of rotatable bonds is 8. The third kappa shape index (κ3) is 4.36. The molecular weight excluding hydrogens is 344 g/mol. The molecule has 138 valence electrons. The maximum absolute atomic E-state index is 12.2. The number of nitrogens with one attached hydrogen (secondary N) is 2. The van der Waals surface area contributed by atoms with E-state index in [2.05, 4.69) is 10.3 Å². The lowest BCUT2D eigenvalue weighted by molar-refractivity contribution is -0.139. The number of carbonyl (C=O) groups is 2. The number of hydrogen-bond acceptors (Lipinski definition) is 4. The van der Waals surface area contributed by atoms with Gasteiger partial charge in [-0.3, -0.25) is 4.79 Å². The fourth-order valence-electron chi connectivity index (χ4n) is 2.83. The van der Waals surface area contributed by atoms with Crippen LogP contribution >= 0.6 is 0 Å². The van der Waals surface area contributed by atoms with Gasteiger partial charge < -0.3 is 20.1 Å². The van der Waals surface area contributed by atoms with Crippen LogP contribution in [0, 0.1) is 0 Å². The summed E-state index contributed by atoms with van der Waals surface area (Å²) in [5.41, 5.74) is 2.36. The fourth-order valence-corrected chi connectivity index (χ4v) is 2.83. The molecule has 0 aliphatic heterocycles. The van der Waals surface area contributed by atoms with Gasteiger partial charge in [-0.2, -0.15) is 0 Å². The Labute approximate surface area is 156 Å². The molecule has 6 heteroatoms. The van der Waals surface area contributed by atoms with E-state index in [1.165, 1.54) is 12.3 Å². The Morgan fingerprint density at radius 3 is 2.63 bits per heavy atom. The van der Waals surface area contributed by atoms with E-state index in [-0.39, 0.29) is 5.78 Å². The van der Waals surface area contributed by atoms with Crippen LogP contribution < -0.4 is 10.1 Å². The van der Waals surface area contributed by atoms with Crippen molar-refractivity contribution in [2.45, 2.75) is 12.5 Å². The molecule has 3 rings (SSSR count). The number of aromatic amines is 1. The van der Waals surface area contributed by atoms with Crippen LogP contribution in [0.15, 0.2) is 67.0 Å². The number of carboxylic acids is 1. The third-order valence-electron chi connectivity index (χ3n) is 4.30. The molecule has 0 radical (unpaired) electrons. The van der Waals surface area contributed by atoms with Crippen LogP contribution in [-0.2, 0) is 11.2 Å². The molecule has 0 aliphatic rings. The van der Waals surface area contributed by atoms with Crippen molar-refractivity contribution in [2.24, 2.45) is 0 Å². The number of ether oxygens (including phenoxy) is 1. The summed E-state index contributed by atoms with van der Waals surface area (Å²) in [4.78, 5) is 26.9. The minimum atomic E-state index is -0.984. The van der Waals surface area contributed by atoms with Gasteiger partial charge >= 0.3 is 5.97 Å². The molecule has 6 nitrogen and oxygen atoms in total. The summed E-state index contributed by atoms with van der Waals surface area (Å²) in [6.07, 6.45) is 4.82. The van der Waals surface area contributed by atoms with Crippen LogP contribution in [0.2, 0.25) is 0 Å². The van der Waals surface area contributed by atoms with E-state index in [0.717, 1.165) is 16.5 Å². The van der Waals surface area contributed by atoms with E-state index >= 15 is 0 Å². The van der Waals surface area contributed by atoms with Gasteiger partial charge in [0.05, 0.1) is 7.11 Å². The number of H-pyrrole nitrogens is 1. The van der Waals surface area contributed by atoms with Gasteiger partial charge in [0.2, 0.25) is 0 Å². The van der Waals surface area contributed by atoms with Crippen molar-refractivity contribution in [3.8, 4) is 5.75 Å². The van der Waals surface area contributed by atoms with Crippen molar-refractivity contribution >= 4 is 22.7 Å². The second-order valence-electron chi connectivity index (χ2n) is 6.05. The van der Waals surface area contributed by atoms with Gasteiger partial charge in [0.1, 0.15) is 11.8 Å². The number of ketones is 1. The van der Waals surface area contributed by atoms with Gasteiger partial charge in [-0.1, -0.05) is 18.2 Å². The van der Waals surface area contributed by atoms with Crippen LogP contribution in [-0.4, -0.2) is 35.0 Å². The second-order valence-corrected chi connectivity index (χ2v) is 6.05. The Balaban J connectivity index is 1.66. The summed E-state index contributed by atoms with van der Waals surface area (Å²) in [5.74, 6) is -0.540. The van der Waals surface area contributed by atoms with E-state index in [9.17, 15) is 14.7 Å². The Morgan fingerprint density at radius 1 is 1.19 bits per heavy atom. The highest BCUT2D eigenvalue weighted by atomic mass is 16.5. The van der Waals surface area contributed by atoms with Crippen molar-refractivity contribution in [1.29, 1.82) is 0 Å². The number of hydrogen-bond donors (Lipinski definition) is 3. The predicted octanol–water partition coefficient (Wildman–Crippen LogP) is 3.16. The van der Waals surface area contributed by atoms with Crippen LogP contribution in [0.25, 0.3) is 10.9 Å². The molecule has 27 heavy (non-hydrogen) atoms. The predicted molar refractivity (Wildman–Crippen MR) is 103 cm³/mol. The number of benzene rings is 2. The minimum absolute atomic E-state index is 0.221. The Bertz CT molecular complexity index is 973. The smallest absolute Gasteiger partial charge is 0.326 e. The number of methoxy groups -OCH3 is 1. The van der Waals surface area contributed by atoms with Gasteiger partial charge in [-0.05, 0) is 35.9 Å². The number of aromatic nitrogens is 1. The number of para-hydroxylation sites is 1. The van der Waals surface area contributed by atoms with E-state index in [4.69, 9.17) is 4.74 Å². The zero-order valence-corrected chi connectivity index (χ0v) is 14.8.